The summed E-state index contributed by atoms with van der Waals surface area (Å²) in [6, 6.07) is 6.59. The molecule has 6 heteroatoms. The molecule has 0 saturated carbocycles. The number of carbonyl (C=O) groups is 1. The lowest BCUT2D eigenvalue weighted by molar-refractivity contribution is -0.116. The van der Waals surface area contributed by atoms with Gasteiger partial charge in [0.2, 0.25) is 0 Å². The first-order valence-corrected chi connectivity index (χ1v) is 12.6. The van der Waals surface area contributed by atoms with Crippen LogP contribution in [0.15, 0.2) is 29.2 Å². The summed E-state index contributed by atoms with van der Waals surface area (Å²) in [5, 5.41) is 19.9. The first-order chi connectivity index (χ1) is 14.6. The number of hydrogen-bond donors (Lipinski definition) is 2. The SMILES string of the molecule is CC(C)(O)c1ccc(S(=O)(=O)CC(=O)Cc2c3c(cc4c2CCC4)CCC3)cc1CO. The van der Waals surface area contributed by atoms with E-state index < -0.39 is 21.2 Å². The second kappa shape index (κ2) is 8.15. The number of hydrogen-bond acceptors (Lipinski definition) is 5. The molecule has 0 amide bonds. The van der Waals surface area contributed by atoms with Crippen LogP contribution in [0, 0.1) is 0 Å². The fraction of sp³-hybridized carbons (Fsp3) is 0.480. The molecule has 0 spiro atoms. The van der Waals surface area contributed by atoms with Gasteiger partial charge in [-0.2, -0.15) is 0 Å². The highest BCUT2D eigenvalue weighted by molar-refractivity contribution is 7.92. The summed E-state index contributed by atoms with van der Waals surface area (Å²) in [4.78, 5) is 12.9. The highest BCUT2D eigenvalue weighted by Gasteiger charge is 2.28. The van der Waals surface area contributed by atoms with Gasteiger partial charge in [0, 0.05) is 6.42 Å². The molecule has 0 atom stereocenters. The van der Waals surface area contributed by atoms with Crippen molar-refractivity contribution in [3.05, 3.63) is 63.2 Å². The average molecular weight is 443 g/mol. The number of rotatable bonds is 7. The van der Waals surface area contributed by atoms with Crippen molar-refractivity contribution in [2.75, 3.05) is 5.75 Å². The molecule has 2 aromatic carbocycles. The van der Waals surface area contributed by atoms with E-state index in [1.807, 2.05) is 0 Å². The zero-order valence-corrected chi connectivity index (χ0v) is 19.0. The van der Waals surface area contributed by atoms with Gasteiger partial charge in [-0.25, -0.2) is 8.42 Å². The van der Waals surface area contributed by atoms with Crippen LogP contribution in [0.4, 0.5) is 0 Å². The van der Waals surface area contributed by atoms with E-state index >= 15 is 0 Å². The fourth-order valence-corrected chi connectivity index (χ4v) is 6.47. The highest BCUT2D eigenvalue weighted by atomic mass is 32.2. The van der Waals surface area contributed by atoms with Gasteiger partial charge in [0.25, 0.3) is 0 Å². The van der Waals surface area contributed by atoms with Crippen molar-refractivity contribution in [3.8, 4) is 0 Å². The molecule has 4 rings (SSSR count). The Balaban J connectivity index is 1.59. The Morgan fingerprint density at radius 2 is 1.61 bits per heavy atom. The number of aliphatic hydroxyl groups excluding tert-OH is 1. The molecule has 0 radical (unpaired) electrons. The van der Waals surface area contributed by atoms with E-state index in [2.05, 4.69) is 6.07 Å². The number of aryl methyl sites for hydroxylation is 2. The lowest BCUT2D eigenvalue weighted by atomic mass is 9.91. The molecule has 2 aromatic rings. The smallest absolute Gasteiger partial charge is 0.185 e. The fourth-order valence-electron chi connectivity index (χ4n) is 5.18. The van der Waals surface area contributed by atoms with Crippen LogP contribution in [0.3, 0.4) is 0 Å². The third-order valence-electron chi connectivity index (χ3n) is 6.59. The molecule has 2 aliphatic rings. The van der Waals surface area contributed by atoms with Crippen molar-refractivity contribution in [1.82, 2.24) is 0 Å². The molecule has 31 heavy (non-hydrogen) atoms. The Morgan fingerprint density at radius 3 is 2.16 bits per heavy atom. The zero-order chi connectivity index (χ0) is 22.4. The van der Waals surface area contributed by atoms with Crippen LogP contribution in [-0.4, -0.2) is 30.2 Å². The van der Waals surface area contributed by atoms with Crippen LogP contribution in [0.2, 0.25) is 0 Å². The summed E-state index contributed by atoms with van der Waals surface area (Å²) in [6.45, 7) is 2.77. The molecule has 5 nitrogen and oxygen atoms in total. The Morgan fingerprint density at radius 1 is 1.00 bits per heavy atom. The topological polar surface area (TPSA) is 91.7 Å². The average Bonchev–Trinajstić information content (AvgIpc) is 3.35. The van der Waals surface area contributed by atoms with Crippen molar-refractivity contribution in [1.29, 1.82) is 0 Å². The molecular formula is C25H30O5S. The van der Waals surface area contributed by atoms with Crippen LogP contribution in [0.25, 0.3) is 0 Å². The Kier molecular flexibility index (Phi) is 5.83. The van der Waals surface area contributed by atoms with Crippen LogP contribution >= 0.6 is 0 Å². The van der Waals surface area contributed by atoms with Crippen LogP contribution in [0.1, 0.15) is 65.6 Å². The van der Waals surface area contributed by atoms with Crippen molar-refractivity contribution in [2.24, 2.45) is 0 Å². The van der Waals surface area contributed by atoms with Gasteiger partial charge in [0.1, 0.15) is 5.75 Å². The van der Waals surface area contributed by atoms with E-state index in [-0.39, 0.29) is 23.7 Å². The molecule has 0 unspecified atom stereocenters. The van der Waals surface area contributed by atoms with Crippen molar-refractivity contribution in [3.63, 3.8) is 0 Å². The number of carbonyl (C=O) groups excluding carboxylic acids is 1. The van der Waals surface area contributed by atoms with Crippen molar-refractivity contribution >= 4 is 15.6 Å². The molecule has 166 valence electrons. The summed E-state index contributed by atoms with van der Waals surface area (Å²) in [6.07, 6.45) is 6.37. The molecule has 0 aliphatic heterocycles. The van der Waals surface area contributed by atoms with Gasteiger partial charge in [-0.15, -0.1) is 0 Å². The number of fused-ring (bicyclic) bond motifs is 2. The molecular weight excluding hydrogens is 412 g/mol. The van der Waals surface area contributed by atoms with Gasteiger partial charge in [0.05, 0.1) is 17.1 Å². The first kappa shape index (κ1) is 22.2. The van der Waals surface area contributed by atoms with E-state index in [9.17, 15) is 23.4 Å². The minimum Gasteiger partial charge on any atom is -0.392 e. The Labute approximate surface area is 184 Å². The van der Waals surface area contributed by atoms with Gasteiger partial charge < -0.3 is 10.2 Å². The third kappa shape index (κ3) is 4.34. The summed E-state index contributed by atoms with van der Waals surface area (Å²) in [5.74, 6) is -0.857. The number of benzene rings is 2. The number of ketones is 1. The second-order valence-corrected chi connectivity index (χ2v) is 11.3. The van der Waals surface area contributed by atoms with Gasteiger partial charge in [-0.3, -0.25) is 4.79 Å². The molecule has 0 fully saturated rings. The molecule has 0 aromatic heterocycles. The van der Waals surface area contributed by atoms with E-state index in [1.165, 1.54) is 40.5 Å². The predicted octanol–water partition coefficient (Wildman–Crippen LogP) is 2.97. The van der Waals surface area contributed by atoms with Crippen LogP contribution < -0.4 is 0 Å². The Bertz CT molecular complexity index is 1110. The summed E-state index contributed by atoms with van der Waals surface area (Å²) in [7, 11) is -3.84. The van der Waals surface area contributed by atoms with Crippen molar-refractivity contribution in [2.45, 2.75) is 75.9 Å². The Hall–Kier alpha value is -2.02. The van der Waals surface area contributed by atoms with Gasteiger partial charge in [-0.05, 0) is 103 Å². The van der Waals surface area contributed by atoms with Gasteiger partial charge in [-0.1, -0.05) is 12.1 Å². The first-order valence-electron chi connectivity index (χ1n) is 11.0. The third-order valence-corrected chi connectivity index (χ3v) is 8.26. The van der Waals surface area contributed by atoms with Crippen molar-refractivity contribution < 1.29 is 23.4 Å². The van der Waals surface area contributed by atoms with Crippen LogP contribution in [-0.2, 0) is 58.9 Å². The maximum atomic E-state index is 13.0. The lowest BCUT2D eigenvalue weighted by Crippen LogP contribution is -2.21. The largest absolute Gasteiger partial charge is 0.392 e. The number of sulfone groups is 1. The summed E-state index contributed by atoms with van der Waals surface area (Å²) in [5.41, 5.74) is 5.89. The van der Waals surface area contributed by atoms with E-state index in [0.29, 0.717) is 11.1 Å². The minimum atomic E-state index is -3.84. The van der Waals surface area contributed by atoms with E-state index in [1.54, 1.807) is 13.8 Å². The summed E-state index contributed by atoms with van der Waals surface area (Å²) >= 11 is 0. The lowest BCUT2D eigenvalue weighted by Gasteiger charge is -2.21. The monoisotopic (exact) mass is 442 g/mol. The minimum absolute atomic E-state index is 0.00131. The maximum absolute atomic E-state index is 13.0. The molecule has 0 bridgehead atoms. The predicted molar refractivity (Wildman–Crippen MR) is 119 cm³/mol. The number of aliphatic hydroxyl groups is 2. The van der Waals surface area contributed by atoms with E-state index in [0.717, 1.165) is 44.1 Å². The second-order valence-electron chi connectivity index (χ2n) is 9.35. The normalized spacial score (nSPS) is 15.7. The van der Waals surface area contributed by atoms with Gasteiger partial charge >= 0.3 is 0 Å². The standard InChI is InChI=1S/C25H30O5S/c1-25(2,28)24-10-9-20(12-18(24)14-26)31(29,30)15-19(27)13-23-21-7-3-5-16(21)11-17-6-4-8-22(17)23/h9-12,26,28H,3-8,13-15H2,1-2H3. The summed E-state index contributed by atoms with van der Waals surface area (Å²) < 4.78 is 25.9. The van der Waals surface area contributed by atoms with Gasteiger partial charge in [0.15, 0.2) is 15.6 Å². The molecule has 0 saturated heterocycles. The molecule has 2 aliphatic carbocycles. The zero-order valence-electron chi connectivity index (χ0n) is 18.2. The van der Waals surface area contributed by atoms with E-state index in [4.69, 9.17) is 0 Å². The maximum Gasteiger partial charge on any atom is 0.185 e. The van der Waals surface area contributed by atoms with Crippen LogP contribution in [0.5, 0.6) is 0 Å². The molecule has 0 heterocycles. The molecule has 2 N–H and O–H groups in total. The quantitative estimate of drug-likeness (QED) is 0.688. The number of Topliss-reactive ketones (excluding diaryl/α,β-unsaturated/α-hetero) is 1. The highest BCUT2D eigenvalue weighted by Crippen LogP contribution is 2.35.